The molecule has 122 valence electrons. The highest BCUT2D eigenvalue weighted by molar-refractivity contribution is 6.30. The SMILES string of the molecule is OC(CNCC1CNNC1c1cccnc1)c1cccc(Cl)c1. The summed E-state index contributed by atoms with van der Waals surface area (Å²) in [4.78, 5) is 4.18. The van der Waals surface area contributed by atoms with E-state index >= 15 is 0 Å². The van der Waals surface area contributed by atoms with Crippen molar-refractivity contribution in [2.24, 2.45) is 5.92 Å². The van der Waals surface area contributed by atoms with Crippen molar-refractivity contribution < 1.29 is 5.11 Å². The Morgan fingerprint density at radius 2 is 2.26 bits per heavy atom. The van der Waals surface area contributed by atoms with Crippen molar-refractivity contribution in [2.75, 3.05) is 19.6 Å². The lowest BCUT2D eigenvalue weighted by Gasteiger charge is -2.20. The second kappa shape index (κ2) is 7.86. The Hall–Kier alpha value is -1.50. The average molecular weight is 333 g/mol. The van der Waals surface area contributed by atoms with Crippen LogP contribution in [0.15, 0.2) is 48.8 Å². The second-order valence-electron chi connectivity index (χ2n) is 5.78. The number of nitrogens with zero attached hydrogens (tertiary/aromatic N) is 1. The van der Waals surface area contributed by atoms with Crippen LogP contribution in [0.25, 0.3) is 0 Å². The first-order valence-electron chi connectivity index (χ1n) is 7.76. The van der Waals surface area contributed by atoms with Gasteiger partial charge in [-0.15, -0.1) is 0 Å². The molecular weight excluding hydrogens is 312 g/mol. The minimum absolute atomic E-state index is 0.222. The molecule has 3 unspecified atom stereocenters. The van der Waals surface area contributed by atoms with Gasteiger partial charge in [-0.1, -0.05) is 29.8 Å². The van der Waals surface area contributed by atoms with Gasteiger partial charge in [0.2, 0.25) is 0 Å². The van der Waals surface area contributed by atoms with Crippen molar-refractivity contribution in [1.82, 2.24) is 21.2 Å². The zero-order valence-electron chi connectivity index (χ0n) is 12.7. The lowest BCUT2D eigenvalue weighted by molar-refractivity contribution is 0.172. The number of hydrogen-bond donors (Lipinski definition) is 4. The highest BCUT2D eigenvalue weighted by Crippen LogP contribution is 2.23. The van der Waals surface area contributed by atoms with Crippen molar-refractivity contribution >= 4 is 11.6 Å². The van der Waals surface area contributed by atoms with Crippen molar-refractivity contribution in [2.45, 2.75) is 12.1 Å². The monoisotopic (exact) mass is 332 g/mol. The highest BCUT2D eigenvalue weighted by atomic mass is 35.5. The fraction of sp³-hybridized carbons (Fsp3) is 0.353. The minimum Gasteiger partial charge on any atom is -0.387 e. The number of aliphatic hydroxyl groups excluding tert-OH is 1. The summed E-state index contributed by atoms with van der Waals surface area (Å²) in [6.07, 6.45) is 3.10. The molecule has 1 fully saturated rings. The number of benzene rings is 1. The first-order valence-corrected chi connectivity index (χ1v) is 8.14. The van der Waals surface area contributed by atoms with Crippen molar-refractivity contribution in [1.29, 1.82) is 0 Å². The summed E-state index contributed by atoms with van der Waals surface area (Å²) in [5.41, 5.74) is 8.49. The van der Waals surface area contributed by atoms with E-state index in [1.165, 1.54) is 5.56 Å². The third kappa shape index (κ3) is 4.28. The normalized spacial score (nSPS) is 22.2. The Bertz CT molecular complexity index is 625. The van der Waals surface area contributed by atoms with E-state index in [0.29, 0.717) is 17.5 Å². The van der Waals surface area contributed by atoms with Gasteiger partial charge in [-0.05, 0) is 29.3 Å². The average Bonchev–Trinajstić information content (AvgIpc) is 3.04. The van der Waals surface area contributed by atoms with Gasteiger partial charge in [0, 0.05) is 43.0 Å². The van der Waals surface area contributed by atoms with Gasteiger partial charge in [0.15, 0.2) is 0 Å². The number of pyridine rings is 1. The maximum absolute atomic E-state index is 10.2. The number of nitrogens with one attached hydrogen (secondary N) is 3. The van der Waals surface area contributed by atoms with E-state index in [0.717, 1.165) is 18.7 Å². The van der Waals surface area contributed by atoms with E-state index in [1.54, 1.807) is 18.3 Å². The molecule has 1 saturated heterocycles. The van der Waals surface area contributed by atoms with Gasteiger partial charge >= 0.3 is 0 Å². The maximum atomic E-state index is 10.2. The third-order valence-electron chi connectivity index (χ3n) is 4.11. The van der Waals surface area contributed by atoms with E-state index in [4.69, 9.17) is 11.6 Å². The van der Waals surface area contributed by atoms with Crippen molar-refractivity contribution in [3.8, 4) is 0 Å². The van der Waals surface area contributed by atoms with Gasteiger partial charge in [-0.25, -0.2) is 5.43 Å². The van der Waals surface area contributed by atoms with Crippen LogP contribution in [0.4, 0.5) is 0 Å². The Kier molecular flexibility index (Phi) is 5.59. The molecule has 1 aromatic carbocycles. The molecule has 3 atom stereocenters. The lowest BCUT2D eigenvalue weighted by Crippen LogP contribution is -2.31. The summed E-state index contributed by atoms with van der Waals surface area (Å²) in [6, 6.07) is 11.6. The van der Waals surface area contributed by atoms with Crippen LogP contribution in [-0.4, -0.2) is 29.7 Å². The van der Waals surface area contributed by atoms with Gasteiger partial charge < -0.3 is 10.4 Å². The molecule has 0 aliphatic carbocycles. The smallest absolute Gasteiger partial charge is 0.0914 e. The van der Waals surface area contributed by atoms with E-state index in [-0.39, 0.29) is 6.04 Å². The molecular formula is C17H21ClN4O. The third-order valence-corrected chi connectivity index (χ3v) is 4.35. The molecule has 3 rings (SSSR count). The van der Waals surface area contributed by atoms with Crippen LogP contribution in [0.1, 0.15) is 23.3 Å². The summed E-state index contributed by atoms with van der Waals surface area (Å²) in [5, 5.41) is 14.2. The van der Waals surface area contributed by atoms with Crippen molar-refractivity contribution in [3.05, 3.63) is 64.9 Å². The molecule has 2 aromatic rings. The summed E-state index contributed by atoms with van der Waals surface area (Å²) in [5.74, 6) is 0.394. The first kappa shape index (κ1) is 16.4. The number of hydrazine groups is 1. The van der Waals surface area contributed by atoms with Gasteiger partial charge in [0.1, 0.15) is 0 Å². The predicted molar refractivity (Wildman–Crippen MR) is 90.9 cm³/mol. The molecule has 1 aliphatic rings. The van der Waals surface area contributed by atoms with E-state index < -0.39 is 6.10 Å². The molecule has 0 bridgehead atoms. The van der Waals surface area contributed by atoms with Crippen LogP contribution in [-0.2, 0) is 0 Å². The number of hydrogen-bond acceptors (Lipinski definition) is 5. The molecule has 2 heterocycles. The van der Waals surface area contributed by atoms with Crippen molar-refractivity contribution in [3.63, 3.8) is 0 Å². The predicted octanol–water partition coefficient (Wildman–Crippen LogP) is 1.82. The number of halogens is 1. The Balaban J connectivity index is 1.52. The Labute approximate surface area is 141 Å². The van der Waals surface area contributed by atoms with E-state index in [2.05, 4.69) is 27.2 Å². The topological polar surface area (TPSA) is 69.2 Å². The lowest BCUT2D eigenvalue weighted by atomic mass is 9.96. The number of aromatic nitrogens is 1. The summed E-state index contributed by atoms with van der Waals surface area (Å²) >= 11 is 5.96. The fourth-order valence-electron chi connectivity index (χ4n) is 2.88. The van der Waals surface area contributed by atoms with Crippen LogP contribution in [0, 0.1) is 5.92 Å². The first-order chi connectivity index (χ1) is 11.2. The van der Waals surface area contributed by atoms with Crippen LogP contribution >= 0.6 is 11.6 Å². The Morgan fingerprint density at radius 3 is 3.04 bits per heavy atom. The molecule has 4 N–H and O–H groups in total. The summed E-state index contributed by atoms with van der Waals surface area (Å²) in [7, 11) is 0. The standard InChI is InChI=1S/C17H21ClN4O/c18-15-5-1-3-12(7-15)16(23)11-20-9-14-10-21-22-17(14)13-4-2-6-19-8-13/h1-8,14,16-17,20-23H,9-11H2. The van der Waals surface area contributed by atoms with E-state index in [9.17, 15) is 5.11 Å². The van der Waals surface area contributed by atoms with E-state index in [1.807, 2.05) is 24.4 Å². The summed E-state index contributed by atoms with van der Waals surface area (Å²) in [6.45, 7) is 2.17. The Morgan fingerprint density at radius 1 is 1.35 bits per heavy atom. The molecule has 5 nitrogen and oxygen atoms in total. The fourth-order valence-corrected chi connectivity index (χ4v) is 3.08. The maximum Gasteiger partial charge on any atom is 0.0914 e. The second-order valence-corrected chi connectivity index (χ2v) is 6.21. The van der Waals surface area contributed by atoms with Gasteiger partial charge in [0.05, 0.1) is 12.1 Å². The van der Waals surface area contributed by atoms with Crippen LogP contribution in [0.2, 0.25) is 5.02 Å². The minimum atomic E-state index is -0.562. The zero-order chi connectivity index (χ0) is 16.1. The molecule has 1 aliphatic heterocycles. The molecule has 0 spiro atoms. The highest BCUT2D eigenvalue weighted by Gasteiger charge is 2.28. The molecule has 0 radical (unpaired) electrons. The van der Waals surface area contributed by atoms with Crippen LogP contribution < -0.4 is 16.2 Å². The van der Waals surface area contributed by atoms with Gasteiger partial charge in [-0.2, -0.15) is 0 Å². The molecule has 0 amide bonds. The largest absolute Gasteiger partial charge is 0.387 e. The van der Waals surface area contributed by atoms with Gasteiger partial charge in [0.25, 0.3) is 0 Å². The summed E-state index contributed by atoms with van der Waals surface area (Å²) < 4.78 is 0. The molecule has 1 aromatic heterocycles. The quantitative estimate of drug-likeness (QED) is 0.650. The number of aliphatic hydroxyl groups is 1. The molecule has 23 heavy (non-hydrogen) atoms. The number of rotatable bonds is 6. The van der Waals surface area contributed by atoms with Crippen LogP contribution in [0.3, 0.4) is 0 Å². The molecule has 0 saturated carbocycles. The molecule has 6 heteroatoms. The van der Waals surface area contributed by atoms with Gasteiger partial charge in [-0.3, -0.25) is 10.4 Å². The zero-order valence-corrected chi connectivity index (χ0v) is 13.5. The van der Waals surface area contributed by atoms with Crippen LogP contribution in [0.5, 0.6) is 0 Å².